The Morgan fingerprint density at radius 3 is 2.48 bits per heavy atom. The van der Waals surface area contributed by atoms with Gasteiger partial charge in [-0.2, -0.15) is 0 Å². The van der Waals surface area contributed by atoms with Crippen LogP contribution in [0.2, 0.25) is 0 Å². The maximum atomic E-state index is 12.5. The van der Waals surface area contributed by atoms with Crippen LogP contribution < -0.4 is 9.47 Å². The normalized spacial score (nSPS) is 14.7. The second kappa shape index (κ2) is 8.81. The molecule has 29 heavy (non-hydrogen) atoms. The van der Waals surface area contributed by atoms with Gasteiger partial charge in [0.05, 0.1) is 12.9 Å². The summed E-state index contributed by atoms with van der Waals surface area (Å²) in [5.74, 6) is 3.07. The van der Waals surface area contributed by atoms with Gasteiger partial charge >= 0.3 is 0 Å². The van der Waals surface area contributed by atoms with Gasteiger partial charge in [-0.05, 0) is 56.2 Å². The van der Waals surface area contributed by atoms with Gasteiger partial charge < -0.3 is 23.2 Å². The van der Waals surface area contributed by atoms with Crippen LogP contribution in [-0.4, -0.2) is 47.3 Å². The fourth-order valence-corrected chi connectivity index (χ4v) is 3.31. The zero-order chi connectivity index (χ0) is 20.1. The van der Waals surface area contributed by atoms with E-state index in [2.05, 4.69) is 10.2 Å². The number of benzene rings is 1. The highest BCUT2D eigenvalue weighted by molar-refractivity contribution is 5.77. The van der Waals surface area contributed by atoms with Crippen molar-refractivity contribution in [2.75, 3.05) is 26.3 Å². The highest BCUT2D eigenvalue weighted by Gasteiger charge is 2.28. The molecule has 8 heteroatoms. The molecule has 0 N–H and O–H groups in total. The summed E-state index contributed by atoms with van der Waals surface area (Å²) in [7, 11) is 0. The third-order valence-electron chi connectivity index (χ3n) is 4.87. The van der Waals surface area contributed by atoms with Crippen molar-refractivity contribution < 1.29 is 23.1 Å². The van der Waals surface area contributed by atoms with Gasteiger partial charge in [0, 0.05) is 19.0 Å². The molecule has 3 aromatic rings. The van der Waals surface area contributed by atoms with Crippen LogP contribution in [0.5, 0.6) is 11.5 Å². The molecule has 1 aliphatic rings. The van der Waals surface area contributed by atoms with Gasteiger partial charge in [0.25, 0.3) is 11.8 Å². The van der Waals surface area contributed by atoms with Gasteiger partial charge in [0.1, 0.15) is 11.5 Å². The van der Waals surface area contributed by atoms with Gasteiger partial charge in [0.15, 0.2) is 12.4 Å². The van der Waals surface area contributed by atoms with Gasteiger partial charge in [0.2, 0.25) is 5.89 Å². The first-order valence-electron chi connectivity index (χ1n) is 9.73. The molecule has 1 fully saturated rings. The molecule has 0 unspecified atom stereocenters. The van der Waals surface area contributed by atoms with Gasteiger partial charge in [-0.15, -0.1) is 10.2 Å². The van der Waals surface area contributed by atoms with Crippen LogP contribution in [0.1, 0.15) is 31.6 Å². The van der Waals surface area contributed by atoms with Crippen molar-refractivity contribution in [3.05, 3.63) is 48.6 Å². The molecular weight excluding hydrogens is 374 g/mol. The van der Waals surface area contributed by atoms with Crippen molar-refractivity contribution in [3.8, 4) is 23.1 Å². The average molecular weight is 397 g/mol. The summed E-state index contributed by atoms with van der Waals surface area (Å²) in [5.41, 5.74) is 0. The molecule has 152 valence electrons. The van der Waals surface area contributed by atoms with Gasteiger partial charge in [-0.1, -0.05) is 0 Å². The van der Waals surface area contributed by atoms with Crippen molar-refractivity contribution in [3.63, 3.8) is 0 Å². The second-order valence-corrected chi connectivity index (χ2v) is 6.77. The minimum atomic E-state index is -0.0286. The van der Waals surface area contributed by atoms with E-state index in [-0.39, 0.29) is 18.4 Å². The molecule has 0 bridgehead atoms. The topological polar surface area (TPSA) is 90.8 Å². The van der Waals surface area contributed by atoms with E-state index in [4.69, 9.17) is 18.3 Å². The molecule has 2 aromatic heterocycles. The lowest BCUT2D eigenvalue weighted by molar-refractivity contribution is -0.134. The van der Waals surface area contributed by atoms with Crippen LogP contribution >= 0.6 is 0 Å². The summed E-state index contributed by atoms with van der Waals surface area (Å²) in [6.45, 7) is 3.83. The molecule has 1 saturated heterocycles. The number of ether oxygens (including phenoxy) is 2. The number of hydrogen-bond donors (Lipinski definition) is 0. The minimum Gasteiger partial charge on any atom is -0.494 e. The Hall–Kier alpha value is -3.29. The summed E-state index contributed by atoms with van der Waals surface area (Å²) in [6, 6.07) is 10.8. The SMILES string of the molecule is CCOc1ccc(OCC(=O)N2CCC(c3nnc(-c4ccco4)o3)CC2)cc1. The van der Waals surface area contributed by atoms with E-state index < -0.39 is 0 Å². The second-order valence-electron chi connectivity index (χ2n) is 6.77. The van der Waals surface area contributed by atoms with E-state index in [1.54, 1.807) is 30.5 Å². The largest absolute Gasteiger partial charge is 0.494 e. The van der Waals surface area contributed by atoms with Crippen LogP contribution in [0.4, 0.5) is 0 Å². The van der Waals surface area contributed by atoms with Crippen LogP contribution in [0.3, 0.4) is 0 Å². The summed E-state index contributed by atoms with van der Waals surface area (Å²) >= 11 is 0. The van der Waals surface area contributed by atoms with E-state index in [1.165, 1.54) is 0 Å². The molecule has 1 aromatic carbocycles. The first kappa shape index (κ1) is 19.0. The Labute approximate surface area is 168 Å². The van der Waals surface area contributed by atoms with Crippen molar-refractivity contribution >= 4 is 5.91 Å². The fraction of sp³-hybridized carbons (Fsp3) is 0.381. The molecule has 3 heterocycles. The number of carbonyl (C=O) groups is 1. The number of likely N-dealkylation sites (tertiary alicyclic amines) is 1. The third kappa shape index (κ3) is 4.59. The molecule has 0 saturated carbocycles. The lowest BCUT2D eigenvalue weighted by Crippen LogP contribution is -2.40. The number of amides is 1. The highest BCUT2D eigenvalue weighted by Crippen LogP contribution is 2.29. The predicted octanol–water partition coefficient (Wildman–Crippen LogP) is 3.51. The van der Waals surface area contributed by atoms with Crippen LogP contribution in [-0.2, 0) is 4.79 Å². The molecule has 8 nitrogen and oxygen atoms in total. The maximum absolute atomic E-state index is 12.5. The van der Waals surface area contributed by atoms with E-state index >= 15 is 0 Å². The number of piperidine rings is 1. The van der Waals surface area contributed by atoms with Crippen molar-refractivity contribution in [2.24, 2.45) is 0 Å². The molecule has 1 aliphatic heterocycles. The first-order chi connectivity index (χ1) is 14.2. The van der Waals surface area contributed by atoms with Crippen molar-refractivity contribution in [2.45, 2.75) is 25.7 Å². The maximum Gasteiger partial charge on any atom is 0.283 e. The van der Waals surface area contributed by atoms with Crippen molar-refractivity contribution in [1.29, 1.82) is 0 Å². The lowest BCUT2D eigenvalue weighted by Gasteiger charge is -2.30. The number of furan rings is 1. The Bertz CT molecular complexity index is 912. The Balaban J connectivity index is 1.25. The van der Waals surface area contributed by atoms with E-state index in [1.807, 2.05) is 24.0 Å². The monoisotopic (exact) mass is 397 g/mol. The highest BCUT2D eigenvalue weighted by atomic mass is 16.5. The predicted molar refractivity (Wildman–Crippen MR) is 104 cm³/mol. The average Bonchev–Trinajstić information content (AvgIpc) is 3.45. The van der Waals surface area contributed by atoms with E-state index in [0.29, 0.717) is 43.0 Å². The van der Waals surface area contributed by atoms with E-state index in [0.717, 1.165) is 18.6 Å². The lowest BCUT2D eigenvalue weighted by atomic mass is 9.97. The molecular formula is C21H23N3O5. The summed E-state index contributed by atoms with van der Waals surface area (Å²) < 4.78 is 22.0. The zero-order valence-corrected chi connectivity index (χ0v) is 16.2. The molecule has 0 radical (unpaired) electrons. The summed E-state index contributed by atoms with van der Waals surface area (Å²) in [6.07, 6.45) is 3.11. The van der Waals surface area contributed by atoms with Gasteiger partial charge in [-0.25, -0.2) is 0 Å². The summed E-state index contributed by atoms with van der Waals surface area (Å²) in [4.78, 5) is 14.3. The van der Waals surface area contributed by atoms with Crippen LogP contribution in [0.25, 0.3) is 11.7 Å². The fourth-order valence-electron chi connectivity index (χ4n) is 3.31. The molecule has 1 amide bonds. The van der Waals surface area contributed by atoms with E-state index in [9.17, 15) is 4.79 Å². The Morgan fingerprint density at radius 2 is 1.83 bits per heavy atom. The molecule has 0 atom stereocenters. The number of carbonyl (C=O) groups excluding carboxylic acids is 1. The Kier molecular flexibility index (Phi) is 5.79. The quantitative estimate of drug-likeness (QED) is 0.602. The standard InChI is InChI=1S/C21H23N3O5/c1-2-26-16-5-7-17(8-6-16)28-14-19(25)24-11-9-15(10-12-24)20-22-23-21(29-20)18-4-3-13-27-18/h3-8,13,15H,2,9-12,14H2,1H3. The molecule has 0 aliphatic carbocycles. The number of nitrogens with zero attached hydrogens (tertiary/aromatic N) is 3. The molecule has 4 rings (SSSR count). The third-order valence-corrected chi connectivity index (χ3v) is 4.87. The van der Waals surface area contributed by atoms with Crippen LogP contribution in [0, 0.1) is 0 Å². The van der Waals surface area contributed by atoms with Crippen molar-refractivity contribution in [1.82, 2.24) is 15.1 Å². The first-order valence-corrected chi connectivity index (χ1v) is 9.73. The molecule has 0 spiro atoms. The number of rotatable bonds is 7. The number of hydrogen-bond acceptors (Lipinski definition) is 7. The van der Waals surface area contributed by atoms with Crippen LogP contribution in [0.15, 0.2) is 51.5 Å². The minimum absolute atomic E-state index is 0.0157. The zero-order valence-electron chi connectivity index (χ0n) is 16.2. The Morgan fingerprint density at radius 1 is 1.10 bits per heavy atom. The smallest absolute Gasteiger partial charge is 0.283 e. The number of aromatic nitrogens is 2. The summed E-state index contributed by atoms with van der Waals surface area (Å²) in [5, 5.41) is 8.20. The van der Waals surface area contributed by atoms with Gasteiger partial charge in [-0.3, -0.25) is 4.79 Å².